The van der Waals surface area contributed by atoms with Gasteiger partial charge in [0.25, 0.3) is 5.91 Å². The van der Waals surface area contributed by atoms with E-state index >= 15 is 0 Å². The first kappa shape index (κ1) is 16.1. The van der Waals surface area contributed by atoms with E-state index in [2.05, 4.69) is 22.1 Å². The molecule has 1 fully saturated rings. The molecule has 0 atom stereocenters. The number of carbonyl (C=O) groups excluding carboxylic acids is 1. The van der Waals surface area contributed by atoms with Crippen LogP contribution >= 0.6 is 0 Å². The van der Waals surface area contributed by atoms with Gasteiger partial charge in [-0.2, -0.15) is 5.10 Å². The summed E-state index contributed by atoms with van der Waals surface area (Å²) in [7, 11) is 1.55. The first-order chi connectivity index (χ1) is 11.6. The lowest BCUT2D eigenvalue weighted by Crippen LogP contribution is -2.48. The van der Waals surface area contributed by atoms with Crippen molar-refractivity contribution in [2.24, 2.45) is 7.05 Å². The number of aromatic nitrogens is 2. The van der Waals surface area contributed by atoms with Crippen molar-refractivity contribution in [1.29, 1.82) is 0 Å². The zero-order valence-electron chi connectivity index (χ0n) is 13.5. The third-order valence-electron chi connectivity index (χ3n) is 4.23. The number of nitrogens with zero attached hydrogens (tertiary/aromatic N) is 5. The average molecular weight is 329 g/mol. The number of hydrogen-bond donors (Lipinski definition) is 0. The quantitative estimate of drug-likeness (QED) is 0.623. The Morgan fingerprint density at radius 2 is 1.88 bits per heavy atom. The van der Waals surface area contributed by atoms with Gasteiger partial charge in [0.1, 0.15) is 6.20 Å². The van der Waals surface area contributed by atoms with E-state index in [4.69, 9.17) is 0 Å². The molecule has 1 aliphatic rings. The fourth-order valence-electron chi connectivity index (χ4n) is 2.91. The minimum absolute atomic E-state index is 0.0384. The molecule has 8 heteroatoms. The van der Waals surface area contributed by atoms with E-state index in [9.17, 15) is 14.9 Å². The molecule has 2 aromatic rings. The van der Waals surface area contributed by atoms with Gasteiger partial charge in [0.05, 0.1) is 4.92 Å². The highest BCUT2D eigenvalue weighted by Crippen LogP contribution is 2.20. The Kier molecular flexibility index (Phi) is 4.57. The fraction of sp³-hybridized carbons (Fsp3) is 0.375. The third kappa shape index (κ3) is 3.28. The van der Waals surface area contributed by atoms with Crippen molar-refractivity contribution < 1.29 is 9.72 Å². The minimum Gasteiger partial charge on any atom is -0.335 e. The summed E-state index contributed by atoms with van der Waals surface area (Å²) in [6.07, 6.45) is 1.12. The Morgan fingerprint density at radius 1 is 1.21 bits per heavy atom. The Labute approximate surface area is 139 Å². The lowest BCUT2D eigenvalue weighted by Gasteiger charge is -2.34. The van der Waals surface area contributed by atoms with E-state index in [1.165, 1.54) is 10.2 Å². The van der Waals surface area contributed by atoms with E-state index in [1.54, 1.807) is 11.9 Å². The average Bonchev–Trinajstić information content (AvgIpc) is 2.98. The van der Waals surface area contributed by atoms with Crippen molar-refractivity contribution in [3.63, 3.8) is 0 Å². The topological polar surface area (TPSA) is 84.5 Å². The van der Waals surface area contributed by atoms with E-state index < -0.39 is 4.92 Å². The molecule has 2 heterocycles. The molecule has 0 spiro atoms. The van der Waals surface area contributed by atoms with Crippen molar-refractivity contribution in [2.75, 3.05) is 26.2 Å². The molecule has 0 bridgehead atoms. The maximum atomic E-state index is 12.6. The Hall–Kier alpha value is -2.74. The summed E-state index contributed by atoms with van der Waals surface area (Å²) in [5.41, 5.74) is 1.03. The molecule has 1 aromatic heterocycles. The second kappa shape index (κ2) is 6.79. The normalized spacial score (nSPS) is 15.5. The minimum atomic E-state index is -0.564. The molecule has 1 saturated heterocycles. The number of nitro groups is 1. The summed E-state index contributed by atoms with van der Waals surface area (Å²) in [5.74, 6) is -0.332. The molecule has 8 nitrogen and oxygen atoms in total. The zero-order chi connectivity index (χ0) is 17.1. The largest absolute Gasteiger partial charge is 0.335 e. The van der Waals surface area contributed by atoms with E-state index in [0.29, 0.717) is 13.1 Å². The van der Waals surface area contributed by atoms with E-state index in [-0.39, 0.29) is 17.3 Å². The summed E-state index contributed by atoms with van der Waals surface area (Å²) in [6.45, 7) is 3.43. The molecule has 0 N–H and O–H groups in total. The van der Waals surface area contributed by atoms with Gasteiger partial charge in [0.2, 0.25) is 5.69 Å². The molecule has 1 aliphatic heterocycles. The molecule has 1 aromatic carbocycles. The van der Waals surface area contributed by atoms with Gasteiger partial charge in [-0.15, -0.1) is 0 Å². The molecule has 0 saturated carbocycles. The fourth-order valence-corrected chi connectivity index (χ4v) is 2.91. The summed E-state index contributed by atoms with van der Waals surface area (Å²) < 4.78 is 1.27. The van der Waals surface area contributed by atoms with Gasteiger partial charge in [-0.25, -0.2) is 0 Å². The molecule has 0 unspecified atom stereocenters. The summed E-state index contributed by atoms with van der Waals surface area (Å²) in [6, 6.07) is 10.2. The second-order valence-electron chi connectivity index (χ2n) is 5.81. The predicted molar refractivity (Wildman–Crippen MR) is 87.5 cm³/mol. The highest BCUT2D eigenvalue weighted by Gasteiger charge is 2.31. The van der Waals surface area contributed by atoms with Crippen LogP contribution in [0.5, 0.6) is 0 Å². The van der Waals surface area contributed by atoms with Gasteiger partial charge in [0, 0.05) is 39.8 Å². The van der Waals surface area contributed by atoms with Crippen molar-refractivity contribution in [1.82, 2.24) is 19.6 Å². The van der Waals surface area contributed by atoms with Gasteiger partial charge in [0.15, 0.2) is 0 Å². The number of amides is 1. The SMILES string of the molecule is Cn1ncc([N+](=O)[O-])c1C(=O)N1CCN(Cc2ccccc2)CC1. The Bertz CT molecular complexity index is 735. The van der Waals surface area contributed by atoms with Crippen molar-refractivity contribution in [3.05, 3.63) is 57.9 Å². The first-order valence-electron chi connectivity index (χ1n) is 7.78. The molecular weight excluding hydrogens is 310 g/mol. The van der Waals surface area contributed by atoms with Gasteiger partial charge < -0.3 is 4.90 Å². The van der Waals surface area contributed by atoms with Crippen LogP contribution in [0.3, 0.4) is 0 Å². The molecule has 0 aliphatic carbocycles. The van der Waals surface area contributed by atoms with Crippen LogP contribution in [0.25, 0.3) is 0 Å². The number of carbonyl (C=O) groups is 1. The van der Waals surface area contributed by atoms with Gasteiger partial charge >= 0.3 is 5.69 Å². The number of benzene rings is 1. The van der Waals surface area contributed by atoms with Crippen LogP contribution in [0.1, 0.15) is 16.1 Å². The summed E-state index contributed by atoms with van der Waals surface area (Å²) in [4.78, 5) is 27.0. The van der Waals surface area contributed by atoms with Gasteiger partial charge in [-0.3, -0.25) is 24.5 Å². The molecule has 1 amide bonds. The molecule has 126 valence electrons. The lowest BCUT2D eigenvalue weighted by atomic mass is 10.2. The number of rotatable bonds is 4. The smallest absolute Gasteiger partial charge is 0.320 e. The van der Waals surface area contributed by atoms with E-state index in [1.807, 2.05) is 18.2 Å². The lowest BCUT2D eigenvalue weighted by molar-refractivity contribution is -0.385. The van der Waals surface area contributed by atoms with Crippen LogP contribution in [0.4, 0.5) is 5.69 Å². The second-order valence-corrected chi connectivity index (χ2v) is 5.81. The van der Waals surface area contributed by atoms with Crippen LogP contribution in [-0.4, -0.2) is 56.6 Å². The monoisotopic (exact) mass is 329 g/mol. The van der Waals surface area contributed by atoms with Crippen LogP contribution in [0, 0.1) is 10.1 Å². The number of hydrogen-bond acceptors (Lipinski definition) is 5. The van der Waals surface area contributed by atoms with Crippen molar-refractivity contribution in [3.8, 4) is 0 Å². The first-order valence-corrected chi connectivity index (χ1v) is 7.78. The Morgan fingerprint density at radius 3 is 2.50 bits per heavy atom. The zero-order valence-corrected chi connectivity index (χ0v) is 13.5. The molecular formula is C16H19N5O3. The predicted octanol–water partition coefficient (Wildman–Crippen LogP) is 1.29. The van der Waals surface area contributed by atoms with Gasteiger partial charge in [-0.1, -0.05) is 30.3 Å². The third-order valence-corrected chi connectivity index (χ3v) is 4.23. The van der Waals surface area contributed by atoms with Crippen LogP contribution in [0.2, 0.25) is 0 Å². The standard InChI is InChI=1S/C16H19N5O3/c1-18-15(14(11-17-18)21(23)24)16(22)20-9-7-19(8-10-20)12-13-5-3-2-4-6-13/h2-6,11H,7-10,12H2,1H3. The van der Waals surface area contributed by atoms with Crippen molar-refractivity contribution in [2.45, 2.75) is 6.54 Å². The maximum Gasteiger partial charge on any atom is 0.320 e. The van der Waals surface area contributed by atoms with E-state index in [0.717, 1.165) is 25.8 Å². The number of piperazine rings is 1. The Balaban J connectivity index is 1.63. The van der Waals surface area contributed by atoms with Gasteiger partial charge in [-0.05, 0) is 5.56 Å². The summed E-state index contributed by atoms with van der Waals surface area (Å²) in [5, 5.41) is 14.9. The van der Waals surface area contributed by atoms with Crippen LogP contribution in [0.15, 0.2) is 36.5 Å². The summed E-state index contributed by atoms with van der Waals surface area (Å²) >= 11 is 0. The van der Waals surface area contributed by atoms with Crippen LogP contribution in [-0.2, 0) is 13.6 Å². The maximum absolute atomic E-state index is 12.6. The van der Waals surface area contributed by atoms with Crippen molar-refractivity contribution >= 4 is 11.6 Å². The number of aryl methyl sites for hydroxylation is 1. The molecule has 24 heavy (non-hydrogen) atoms. The molecule has 3 rings (SSSR count). The van der Waals surface area contributed by atoms with Crippen LogP contribution < -0.4 is 0 Å². The molecule has 0 radical (unpaired) electrons. The highest BCUT2D eigenvalue weighted by molar-refractivity contribution is 5.96. The highest BCUT2D eigenvalue weighted by atomic mass is 16.6.